The summed E-state index contributed by atoms with van der Waals surface area (Å²) in [5.74, 6) is 0.792. The Morgan fingerprint density at radius 1 is 1.10 bits per heavy atom. The van der Waals surface area contributed by atoms with Crippen LogP contribution in [0.1, 0.15) is 35.9 Å². The molecule has 0 fully saturated rings. The number of nitrogens with one attached hydrogen (secondary N) is 1. The van der Waals surface area contributed by atoms with Crippen molar-refractivity contribution in [3.8, 4) is 0 Å². The Morgan fingerprint density at radius 3 is 2.55 bits per heavy atom. The summed E-state index contributed by atoms with van der Waals surface area (Å²) in [6, 6.07) is 18.9. The summed E-state index contributed by atoms with van der Waals surface area (Å²) in [4.78, 5) is 18.8. The minimum Gasteiger partial charge on any atom is -0.352 e. The molecule has 0 unspecified atom stereocenters. The molecule has 1 amide bonds. The topological polar surface area (TPSA) is 58.1 Å². The molecule has 0 spiro atoms. The van der Waals surface area contributed by atoms with Gasteiger partial charge >= 0.3 is 0 Å². The first-order chi connectivity index (χ1) is 14.0. The summed E-state index contributed by atoms with van der Waals surface area (Å²) in [7, 11) is 1.88. The van der Waals surface area contributed by atoms with E-state index in [4.69, 9.17) is 0 Å². The smallest absolute Gasteiger partial charge is 0.239 e. The van der Waals surface area contributed by atoms with Crippen molar-refractivity contribution in [3.63, 3.8) is 0 Å². The molecule has 0 bridgehead atoms. The largest absolute Gasteiger partial charge is 0.352 e. The summed E-state index contributed by atoms with van der Waals surface area (Å²) in [6.07, 6.45) is 2.57. The van der Waals surface area contributed by atoms with Gasteiger partial charge < -0.3 is 10.2 Å². The second-order valence-electron chi connectivity index (χ2n) is 7.50. The highest BCUT2D eigenvalue weighted by Crippen LogP contribution is 2.18. The van der Waals surface area contributed by atoms with E-state index in [1.807, 2.05) is 37.1 Å². The number of carbonyl (C=O) groups excluding carboxylic acids is 1. The van der Waals surface area contributed by atoms with Gasteiger partial charge in [0.05, 0.1) is 6.54 Å². The van der Waals surface area contributed by atoms with Gasteiger partial charge in [0.2, 0.25) is 11.0 Å². The molecule has 0 saturated carbocycles. The number of nitrogens with zero attached hydrogens (tertiary/aromatic N) is 3. The Kier molecular flexibility index (Phi) is 7.36. The van der Waals surface area contributed by atoms with Gasteiger partial charge in [-0.05, 0) is 37.8 Å². The number of rotatable bonds is 9. The van der Waals surface area contributed by atoms with Crippen molar-refractivity contribution >= 4 is 22.6 Å². The summed E-state index contributed by atoms with van der Waals surface area (Å²) in [5.41, 5.74) is 3.72. The van der Waals surface area contributed by atoms with Crippen molar-refractivity contribution in [2.45, 2.75) is 39.2 Å². The number of carbonyl (C=O) groups is 1. The van der Waals surface area contributed by atoms with E-state index >= 15 is 0 Å². The van der Waals surface area contributed by atoms with E-state index in [0.717, 1.165) is 23.8 Å². The third-order valence-corrected chi connectivity index (χ3v) is 5.63. The highest BCUT2D eigenvalue weighted by Gasteiger charge is 2.14. The lowest BCUT2D eigenvalue weighted by molar-refractivity contribution is -0.120. The molecular formula is C23H28N4OS. The second kappa shape index (κ2) is 10.2. The van der Waals surface area contributed by atoms with Gasteiger partial charge in [0, 0.05) is 31.0 Å². The molecule has 6 heteroatoms. The maximum absolute atomic E-state index is 12.4. The average molecular weight is 409 g/mol. The van der Waals surface area contributed by atoms with Crippen molar-refractivity contribution in [1.82, 2.24) is 14.7 Å². The van der Waals surface area contributed by atoms with Crippen LogP contribution in [0.5, 0.6) is 0 Å². The minimum atomic E-state index is 0.00310. The molecule has 0 aliphatic heterocycles. The summed E-state index contributed by atoms with van der Waals surface area (Å²) in [6.45, 7) is 4.39. The number of aromatic nitrogens is 2. The van der Waals surface area contributed by atoms with Crippen molar-refractivity contribution in [2.75, 3.05) is 18.5 Å². The Labute approximate surface area is 177 Å². The molecule has 1 aromatic heterocycles. The maximum Gasteiger partial charge on any atom is 0.239 e. The van der Waals surface area contributed by atoms with E-state index in [9.17, 15) is 4.79 Å². The molecule has 1 atom stereocenters. The monoisotopic (exact) mass is 408 g/mol. The number of likely N-dealkylation sites (N-methyl/N-ethyl adjacent to an activating group) is 1. The fourth-order valence-electron chi connectivity index (χ4n) is 3.06. The predicted molar refractivity (Wildman–Crippen MR) is 120 cm³/mol. The Balaban J connectivity index is 1.45. The van der Waals surface area contributed by atoms with Crippen LogP contribution in [0.15, 0.2) is 54.6 Å². The lowest BCUT2D eigenvalue weighted by atomic mass is 10.1. The molecule has 0 radical (unpaired) electrons. The quantitative estimate of drug-likeness (QED) is 0.581. The lowest BCUT2D eigenvalue weighted by Crippen LogP contribution is -2.40. The van der Waals surface area contributed by atoms with Gasteiger partial charge in [0.15, 0.2) is 0 Å². The normalized spacial score (nSPS) is 11.8. The molecule has 152 valence electrons. The molecule has 3 rings (SSSR count). The van der Waals surface area contributed by atoms with E-state index < -0.39 is 0 Å². The zero-order valence-electron chi connectivity index (χ0n) is 17.3. The van der Waals surface area contributed by atoms with Crippen LogP contribution >= 0.6 is 11.5 Å². The second-order valence-corrected chi connectivity index (χ2v) is 8.23. The number of benzene rings is 2. The summed E-state index contributed by atoms with van der Waals surface area (Å²) in [5, 5.41) is 3.84. The zero-order chi connectivity index (χ0) is 20.6. The molecule has 5 nitrogen and oxygen atoms in total. The third kappa shape index (κ3) is 6.68. The van der Waals surface area contributed by atoms with Crippen molar-refractivity contribution < 1.29 is 4.79 Å². The van der Waals surface area contributed by atoms with E-state index in [1.54, 1.807) is 0 Å². The fraction of sp³-hybridized carbons (Fsp3) is 0.348. The van der Waals surface area contributed by atoms with Crippen LogP contribution in [0.25, 0.3) is 0 Å². The zero-order valence-corrected chi connectivity index (χ0v) is 18.1. The first-order valence-corrected chi connectivity index (χ1v) is 10.7. The van der Waals surface area contributed by atoms with Crippen molar-refractivity contribution in [3.05, 3.63) is 77.1 Å². The molecule has 1 heterocycles. The van der Waals surface area contributed by atoms with Gasteiger partial charge in [0.25, 0.3) is 0 Å². The number of amides is 1. The van der Waals surface area contributed by atoms with Gasteiger partial charge in [0.1, 0.15) is 5.82 Å². The van der Waals surface area contributed by atoms with Crippen LogP contribution in [0.3, 0.4) is 0 Å². The maximum atomic E-state index is 12.4. The van der Waals surface area contributed by atoms with Crippen LogP contribution in [-0.2, 0) is 17.6 Å². The minimum absolute atomic E-state index is 0.00310. The number of anilines is 1. The first kappa shape index (κ1) is 21.0. The lowest BCUT2D eigenvalue weighted by Gasteiger charge is -2.18. The Hall–Kier alpha value is -2.73. The summed E-state index contributed by atoms with van der Waals surface area (Å²) < 4.78 is 4.44. The van der Waals surface area contributed by atoms with E-state index in [2.05, 4.69) is 58.0 Å². The van der Waals surface area contributed by atoms with Crippen LogP contribution in [0.4, 0.5) is 5.13 Å². The van der Waals surface area contributed by atoms with Crippen molar-refractivity contribution in [2.24, 2.45) is 0 Å². The molecule has 0 saturated heterocycles. The highest BCUT2D eigenvalue weighted by molar-refractivity contribution is 7.09. The number of aryl methyl sites for hydroxylation is 2. The fourth-order valence-corrected chi connectivity index (χ4v) is 3.71. The van der Waals surface area contributed by atoms with Crippen LogP contribution < -0.4 is 10.2 Å². The molecular weight excluding hydrogens is 380 g/mol. The van der Waals surface area contributed by atoms with E-state index in [1.165, 1.54) is 28.2 Å². The van der Waals surface area contributed by atoms with Gasteiger partial charge in [-0.1, -0.05) is 60.2 Å². The predicted octanol–water partition coefficient (Wildman–Crippen LogP) is 4.01. The van der Waals surface area contributed by atoms with Crippen LogP contribution in [0.2, 0.25) is 0 Å². The molecule has 29 heavy (non-hydrogen) atoms. The number of hydrogen-bond acceptors (Lipinski definition) is 5. The third-order valence-electron chi connectivity index (χ3n) is 4.76. The van der Waals surface area contributed by atoms with Crippen LogP contribution in [-0.4, -0.2) is 34.9 Å². The Bertz CT molecular complexity index is 908. The standard InChI is InChI=1S/C23H28N4OS/c1-17-9-12-20(13-10-17)15-21-25-23(29-26-21)27(3)16-22(28)24-18(2)11-14-19-7-5-4-6-8-19/h4-10,12-13,18H,11,14-16H2,1-3H3,(H,24,28)/t18-/m1/s1. The molecule has 1 N–H and O–H groups in total. The molecule has 3 aromatic rings. The highest BCUT2D eigenvalue weighted by atomic mass is 32.1. The van der Waals surface area contributed by atoms with E-state index in [0.29, 0.717) is 6.42 Å². The van der Waals surface area contributed by atoms with Crippen molar-refractivity contribution in [1.29, 1.82) is 0 Å². The number of hydrogen-bond donors (Lipinski definition) is 1. The van der Waals surface area contributed by atoms with Gasteiger partial charge in [-0.2, -0.15) is 4.37 Å². The molecule has 2 aromatic carbocycles. The molecule has 0 aliphatic carbocycles. The first-order valence-electron chi connectivity index (χ1n) is 9.92. The van der Waals surface area contributed by atoms with Gasteiger partial charge in [-0.3, -0.25) is 4.79 Å². The molecule has 0 aliphatic rings. The average Bonchev–Trinajstić information content (AvgIpc) is 3.17. The summed E-state index contributed by atoms with van der Waals surface area (Å²) >= 11 is 1.33. The SMILES string of the molecule is Cc1ccc(Cc2nsc(N(C)CC(=O)N[C@H](C)CCc3ccccc3)n2)cc1. The van der Waals surface area contributed by atoms with E-state index in [-0.39, 0.29) is 18.5 Å². The van der Waals surface area contributed by atoms with Gasteiger partial charge in [-0.15, -0.1) is 0 Å². The van der Waals surface area contributed by atoms with Crippen LogP contribution in [0, 0.1) is 6.92 Å². The van der Waals surface area contributed by atoms with Gasteiger partial charge in [-0.25, -0.2) is 4.98 Å². The Morgan fingerprint density at radius 2 is 1.83 bits per heavy atom.